The van der Waals surface area contributed by atoms with E-state index in [-0.39, 0.29) is 24.6 Å². The van der Waals surface area contributed by atoms with Crippen molar-refractivity contribution < 1.29 is 13.6 Å². The zero-order chi connectivity index (χ0) is 21.3. The summed E-state index contributed by atoms with van der Waals surface area (Å²) < 4.78 is 29.8. The highest BCUT2D eigenvalue weighted by Gasteiger charge is 2.40. The van der Waals surface area contributed by atoms with Crippen LogP contribution in [0.1, 0.15) is 38.8 Å². The van der Waals surface area contributed by atoms with E-state index in [1.807, 2.05) is 26.8 Å². The van der Waals surface area contributed by atoms with Crippen molar-refractivity contribution in [3.63, 3.8) is 0 Å². The van der Waals surface area contributed by atoms with Crippen molar-refractivity contribution in [3.05, 3.63) is 38.7 Å². The first-order valence-electron chi connectivity index (χ1n) is 9.69. The molecule has 1 aliphatic rings. The van der Waals surface area contributed by atoms with Gasteiger partial charge in [-0.3, -0.25) is 14.5 Å². The molecule has 29 heavy (non-hydrogen) atoms. The first-order chi connectivity index (χ1) is 13.6. The lowest BCUT2D eigenvalue weighted by Gasteiger charge is -2.37. The fourth-order valence-corrected chi connectivity index (χ4v) is 4.12. The predicted molar refractivity (Wildman–Crippen MR) is 111 cm³/mol. The Morgan fingerprint density at radius 3 is 2.76 bits per heavy atom. The Morgan fingerprint density at radius 1 is 1.38 bits per heavy atom. The molecule has 1 atom stereocenters. The molecule has 0 saturated carbocycles. The molecule has 1 saturated heterocycles. The van der Waals surface area contributed by atoms with Gasteiger partial charge in [-0.15, -0.1) is 0 Å². The smallest absolute Gasteiger partial charge is 0.275 e. The zero-order valence-electron chi connectivity index (χ0n) is 16.7. The third-order valence-corrected chi connectivity index (χ3v) is 5.58. The highest BCUT2D eigenvalue weighted by atomic mass is 79.9. The van der Waals surface area contributed by atoms with Gasteiger partial charge in [0.2, 0.25) is 5.91 Å². The van der Waals surface area contributed by atoms with Gasteiger partial charge in [-0.25, -0.2) is 13.5 Å². The molecule has 1 fully saturated rings. The molecule has 0 unspecified atom stereocenters. The number of fused-ring (bicyclic) bond motifs is 1. The summed E-state index contributed by atoms with van der Waals surface area (Å²) in [6.45, 7) is 5.98. The SMILES string of the molecule is CCN1C[C@@H](NC(=O)Cn2nc(C(C)C)c3cc(Br)ccc3c2=O)CC(F)(F)C1. The normalized spacial score (nSPS) is 19.6. The van der Waals surface area contributed by atoms with Crippen molar-refractivity contribution in [2.75, 3.05) is 19.6 Å². The van der Waals surface area contributed by atoms with Crippen LogP contribution in [0.15, 0.2) is 27.5 Å². The number of amides is 1. The Bertz CT molecular complexity index is 977. The molecule has 0 radical (unpaired) electrons. The fourth-order valence-electron chi connectivity index (χ4n) is 3.76. The van der Waals surface area contributed by atoms with Crippen LogP contribution >= 0.6 is 15.9 Å². The van der Waals surface area contributed by atoms with Crippen LogP contribution in [0, 0.1) is 0 Å². The van der Waals surface area contributed by atoms with Crippen molar-refractivity contribution in [1.29, 1.82) is 0 Å². The first kappa shape index (κ1) is 21.8. The molecular weight excluding hydrogens is 446 g/mol. The van der Waals surface area contributed by atoms with Crippen LogP contribution in [0.3, 0.4) is 0 Å². The summed E-state index contributed by atoms with van der Waals surface area (Å²) in [7, 11) is 0. The number of carbonyl (C=O) groups excluding carboxylic acids is 1. The number of hydrogen-bond donors (Lipinski definition) is 1. The maximum absolute atomic E-state index is 13.9. The van der Waals surface area contributed by atoms with Crippen molar-refractivity contribution in [2.24, 2.45) is 0 Å². The molecule has 158 valence electrons. The lowest BCUT2D eigenvalue weighted by Crippen LogP contribution is -2.55. The Kier molecular flexibility index (Phi) is 6.38. The number of piperidine rings is 1. The molecule has 3 rings (SSSR count). The standard InChI is InChI=1S/C20H25BrF2N4O2/c1-4-26-9-14(8-20(22,23)11-26)24-17(28)10-27-19(29)15-6-5-13(21)7-16(15)18(25-27)12(2)3/h5-7,12,14H,4,8-11H2,1-3H3,(H,24,28)/t14-/m0/s1. The average Bonchev–Trinajstić information content (AvgIpc) is 2.62. The second-order valence-corrected chi connectivity index (χ2v) is 8.76. The number of halogens is 3. The fraction of sp³-hybridized carbons (Fsp3) is 0.550. The van der Waals surface area contributed by atoms with Crippen LogP contribution in [0.25, 0.3) is 10.8 Å². The number of likely N-dealkylation sites (tertiary alicyclic amines) is 1. The van der Waals surface area contributed by atoms with Gasteiger partial charge in [-0.2, -0.15) is 5.10 Å². The van der Waals surface area contributed by atoms with Crippen molar-refractivity contribution in [1.82, 2.24) is 20.0 Å². The van der Waals surface area contributed by atoms with Crippen LogP contribution in [0.2, 0.25) is 0 Å². The van der Waals surface area contributed by atoms with Crippen LogP contribution in [-0.4, -0.2) is 52.2 Å². The molecule has 2 aromatic rings. The van der Waals surface area contributed by atoms with E-state index in [4.69, 9.17) is 0 Å². The largest absolute Gasteiger partial charge is 0.350 e. The van der Waals surface area contributed by atoms with Gasteiger partial charge in [0, 0.05) is 28.9 Å². The number of carbonyl (C=O) groups is 1. The van der Waals surface area contributed by atoms with Crippen LogP contribution in [0.5, 0.6) is 0 Å². The van der Waals surface area contributed by atoms with Crippen molar-refractivity contribution in [2.45, 2.75) is 51.6 Å². The quantitative estimate of drug-likeness (QED) is 0.728. The summed E-state index contributed by atoms with van der Waals surface area (Å²) in [5.74, 6) is -3.30. The van der Waals surface area contributed by atoms with Gasteiger partial charge in [0.05, 0.1) is 17.6 Å². The summed E-state index contributed by atoms with van der Waals surface area (Å²) in [6.07, 6.45) is -0.402. The van der Waals surface area contributed by atoms with Gasteiger partial charge in [0.25, 0.3) is 11.5 Å². The molecule has 9 heteroatoms. The second kappa shape index (κ2) is 8.47. The molecule has 0 spiro atoms. The number of rotatable bonds is 5. The Labute approximate surface area is 176 Å². The minimum absolute atomic E-state index is 0.0388. The van der Waals surface area contributed by atoms with Gasteiger partial charge in [0.15, 0.2) is 0 Å². The first-order valence-corrected chi connectivity index (χ1v) is 10.5. The number of alkyl halides is 2. The molecule has 1 aromatic carbocycles. The van der Waals surface area contributed by atoms with Crippen molar-refractivity contribution >= 4 is 32.6 Å². The molecule has 6 nitrogen and oxygen atoms in total. The molecular formula is C20H25BrF2N4O2. The zero-order valence-corrected chi connectivity index (χ0v) is 18.3. The highest BCUT2D eigenvalue weighted by molar-refractivity contribution is 9.10. The van der Waals surface area contributed by atoms with Crippen LogP contribution in [0.4, 0.5) is 8.78 Å². The second-order valence-electron chi connectivity index (χ2n) is 7.84. The number of nitrogens with zero attached hydrogens (tertiary/aromatic N) is 3. The van der Waals surface area contributed by atoms with Crippen LogP contribution in [-0.2, 0) is 11.3 Å². The van der Waals surface area contributed by atoms with Gasteiger partial charge in [-0.1, -0.05) is 36.7 Å². The number of benzene rings is 1. The van der Waals surface area contributed by atoms with E-state index in [2.05, 4.69) is 26.3 Å². The van der Waals surface area contributed by atoms with E-state index >= 15 is 0 Å². The van der Waals surface area contributed by atoms with Gasteiger partial charge < -0.3 is 5.32 Å². The van der Waals surface area contributed by atoms with E-state index in [9.17, 15) is 18.4 Å². The summed E-state index contributed by atoms with van der Waals surface area (Å²) in [4.78, 5) is 27.0. The maximum atomic E-state index is 13.9. The van der Waals surface area contributed by atoms with E-state index < -0.39 is 24.3 Å². The van der Waals surface area contributed by atoms with Gasteiger partial charge in [-0.05, 0) is 30.7 Å². The molecule has 1 amide bonds. The third-order valence-electron chi connectivity index (χ3n) is 5.08. The third kappa shape index (κ3) is 5.01. The molecule has 0 bridgehead atoms. The molecule has 1 aliphatic heterocycles. The predicted octanol–water partition coefficient (Wildman–Crippen LogP) is 3.13. The van der Waals surface area contributed by atoms with Crippen molar-refractivity contribution in [3.8, 4) is 0 Å². The summed E-state index contributed by atoms with van der Waals surface area (Å²) in [5.41, 5.74) is 0.325. The van der Waals surface area contributed by atoms with E-state index in [0.717, 1.165) is 14.5 Å². The highest BCUT2D eigenvalue weighted by Crippen LogP contribution is 2.27. The lowest BCUT2D eigenvalue weighted by molar-refractivity contribution is -0.125. The molecule has 1 aromatic heterocycles. The average molecular weight is 471 g/mol. The Morgan fingerprint density at radius 2 is 2.10 bits per heavy atom. The Hall–Kier alpha value is -1.87. The number of likely N-dealkylation sites (N-methyl/N-ethyl adjacent to an activating group) is 1. The topological polar surface area (TPSA) is 67.2 Å². The summed E-state index contributed by atoms with van der Waals surface area (Å²) in [6, 6.07) is 4.64. The monoisotopic (exact) mass is 470 g/mol. The molecule has 0 aliphatic carbocycles. The number of hydrogen-bond acceptors (Lipinski definition) is 4. The summed E-state index contributed by atoms with van der Waals surface area (Å²) >= 11 is 3.41. The van der Waals surface area contributed by atoms with Gasteiger partial charge in [0.1, 0.15) is 6.54 Å². The van der Waals surface area contributed by atoms with Crippen LogP contribution < -0.4 is 10.9 Å². The molecule has 1 N–H and O–H groups in total. The van der Waals surface area contributed by atoms with E-state index in [0.29, 0.717) is 24.2 Å². The van der Waals surface area contributed by atoms with E-state index in [1.54, 1.807) is 17.0 Å². The lowest BCUT2D eigenvalue weighted by atomic mass is 10.0. The van der Waals surface area contributed by atoms with E-state index in [1.165, 1.54) is 0 Å². The number of aromatic nitrogens is 2. The number of nitrogens with one attached hydrogen (secondary N) is 1. The Balaban J connectivity index is 1.84. The van der Waals surface area contributed by atoms with Gasteiger partial charge >= 0.3 is 0 Å². The maximum Gasteiger partial charge on any atom is 0.275 e. The minimum atomic E-state index is -2.84. The molecule has 2 heterocycles. The minimum Gasteiger partial charge on any atom is -0.350 e. The summed E-state index contributed by atoms with van der Waals surface area (Å²) in [5, 5.41) is 8.26.